The maximum absolute atomic E-state index is 13.1. The van der Waals surface area contributed by atoms with Crippen LogP contribution >= 0.6 is 11.8 Å². The van der Waals surface area contributed by atoms with Crippen LogP contribution in [0.25, 0.3) is 0 Å². The van der Waals surface area contributed by atoms with Crippen LogP contribution in [0.2, 0.25) is 0 Å². The summed E-state index contributed by atoms with van der Waals surface area (Å²) in [5.74, 6) is -1.98. The SMILES string of the molecule is C=CC(F)(F)c1ccc(SCC)cc1. The first-order valence-corrected chi connectivity index (χ1v) is 5.33. The molecule has 0 aliphatic carbocycles. The molecule has 14 heavy (non-hydrogen) atoms. The molecule has 0 nitrogen and oxygen atoms in total. The van der Waals surface area contributed by atoms with Gasteiger partial charge in [0.05, 0.1) is 0 Å². The van der Waals surface area contributed by atoms with Gasteiger partial charge in [0.25, 0.3) is 5.92 Å². The fraction of sp³-hybridized carbons (Fsp3) is 0.273. The Morgan fingerprint density at radius 3 is 2.36 bits per heavy atom. The third-order valence-corrected chi connectivity index (χ3v) is 2.70. The van der Waals surface area contributed by atoms with Gasteiger partial charge in [-0.2, -0.15) is 8.78 Å². The first-order chi connectivity index (χ1) is 6.60. The lowest BCUT2D eigenvalue weighted by atomic mass is 10.1. The minimum Gasteiger partial charge on any atom is -0.197 e. The van der Waals surface area contributed by atoms with E-state index in [2.05, 4.69) is 6.58 Å². The van der Waals surface area contributed by atoms with Crippen LogP contribution < -0.4 is 0 Å². The van der Waals surface area contributed by atoms with Crippen LogP contribution in [0.15, 0.2) is 41.8 Å². The highest BCUT2D eigenvalue weighted by Gasteiger charge is 2.26. The Balaban J connectivity index is 2.88. The predicted molar refractivity (Wildman–Crippen MR) is 56.9 cm³/mol. The van der Waals surface area contributed by atoms with Gasteiger partial charge in [0.15, 0.2) is 0 Å². The van der Waals surface area contributed by atoms with E-state index in [-0.39, 0.29) is 5.56 Å². The van der Waals surface area contributed by atoms with Crippen LogP contribution in [0.4, 0.5) is 8.78 Å². The Morgan fingerprint density at radius 2 is 1.93 bits per heavy atom. The molecule has 0 spiro atoms. The highest BCUT2D eigenvalue weighted by molar-refractivity contribution is 7.99. The summed E-state index contributed by atoms with van der Waals surface area (Å²) in [6, 6.07) is 6.31. The average Bonchev–Trinajstić information content (AvgIpc) is 2.19. The zero-order chi connectivity index (χ0) is 10.6. The van der Waals surface area contributed by atoms with Gasteiger partial charge in [0.2, 0.25) is 0 Å². The van der Waals surface area contributed by atoms with Crippen molar-refractivity contribution >= 4 is 11.8 Å². The molecule has 76 valence electrons. The lowest BCUT2D eigenvalue weighted by Crippen LogP contribution is -2.08. The van der Waals surface area contributed by atoms with Crippen LogP contribution in [0, 0.1) is 0 Å². The number of thioether (sulfide) groups is 1. The Kier molecular flexibility index (Phi) is 3.69. The van der Waals surface area contributed by atoms with Gasteiger partial charge in [-0.1, -0.05) is 25.6 Å². The van der Waals surface area contributed by atoms with Crippen molar-refractivity contribution < 1.29 is 8.78 Å². The molecule has 0 fully saturated rings. The van der Waals surface area contributed by atoms with E-state index in [0.29, 0.717) is 6.08 Å². The standard InChI is InChI=1S/C11H12F2S/c1-3-11(12,13)9-5-7-10(8-6-9)14-4-2/h3,5-8H,1,4H2,2H3. The molecule has 3 heteroatoms. The molecule has 0 saturated heterocycles. The Hall–Kier alpha value is -0.830. The second-order valence-corrected chi connectivity index (χ2v) is 4.12. The molecule has 0 bridgehead atoms. The molecule has 0 aromatic heterocycles. The molecular formula is C11H12F2S. The number of alkyl halides is 2. The Bertz CT molecular complexity index is 304. The Labute approximate surface area is 87.0 Å². The highest BCUT2D eigenvalue weighted by Crippen LogP contribution is 2.30. The van der Waals surface area contributed by atoms with Gasteiger partial charge in [-0.05, 0) is 24.0 Å². The molecule has 0 amide bonds. The minimum absolute atomic E-state index is 0.00652. The van der Waals surface area contributed by atoms with Crippen LogP contribution in [0.3, 0.4) is 0 Å². The van der Waals surface area contributed by atoms with E-state index in [1.54, 1.807) is 23.9 Å². The lowest BCUT2D eigenvalue weighted by molar-refractivity contribution is 0.0525. The van der Waals surface area contributed by atoms with Crippen LogP contribution in [0.1, 0.15) is 12.5 Å². The zero-order valence-corrected chi connectivity index (χ0v) is 8.78. The van der Waals surface area contributed by atoms with Crippen molar-refractivity contribution in [3.8, 4) is 0 Å². The molecule has 0 atom stereocenters. The van der Waals surface area contributed by atoms with E-state index >= 15 is 0 Å². The molecule has 0 unspecified atom stereocenters. The molecule has 1 aromatic carbocycles. The zero-order valence-electron chi connectivity index (χ0n) is 7.97. The van der Waals surface area contributed by atoms with Crippen molar-refractivity contribution in [2.75, 3.05) is 5.75 Å². The van der Waals surface area contributed by atoms with Crippen molar-refractivity contribution in [1.82, 2.24) is 0 Å². The number of hydrogen-bond donors (Lipinski definition) is 0. The van der Waals surface area contributed by atoms with Crippen molar-refractivity contribution in [2.24, 2.45) is 0 Å². The molecule has 0 radical (unpaired) electrons. The van der Waals surface area contributed by atoms with Crippen LogP contribution in [0.5, 0.6) is 0 Å². The normalized spacial score (nSPS) is 11.4. The summed E-state index contributed by atoms with van der Waals surface area (Å²) < 4.78 is 26.2. The molecule has 1 rings (SSSR count). The second kappa shape index (κ2) is 4.60. The first kappa shape index (κ1) is 11.2. The summed E-state index contributed by atoms with van der Waals surface area (Å²) in [4.78, 5) is 1.01. The van der Waals surface area contributed by atoms with Gasteiger partial charge >= 0.3 is 0 Å². The van der Waals surface area contributed by atoms with E-state index in [9.17, 15) is 8.78 Å². The van der Waals surface area contributed by atoms with Crippen LogP contribution in [-0.2, 0) is 5.92 Å². The largest absolute Gasteiger partial charge is 0.291 e. The monoisotopic (exact) mass is 214 g/mol. The summed E-state index contributed by atoms with van der Waals surface area (Å²) >= 11 is 1.63. The molecule has 0 aliphatic rings. The quantitative estimate of drug-likeness (QED) is 0.537. The van der Waals surface area contributed by atoms with Crippen LogP contribution in [-0.4, -0.2) is 5.75 Å². The van der Waals surface area contributed by atoms with E-state index < -0.39 is 5.92 Å². The highest BCUT2D eigenvalue weighted by atomic mass is 32.2. The lowest BCUT2D eigenvalue weighted by Gasteiger charge is -2.11. The first-order valence-electron chi connectivity index (χ1n) is 4.35. The molecule has 0 aliphatic heterocycles. The van der Waals surface area contributed by atoms with Crippen molar-refractivity contribution in [3.63, 3.8) is 0 Å². The van der Waals surface area contributed by atoms with E-state index in [4.69, 9.17) is 0 Å². The Morgan fingerprint density at radius 1 is 1.36 bits per heavy atom. The van der Waals surface area contributed by atoms with Gasteiger partial charge in [-0.3, -0.25) is 0 Å². The topological polar surface area (TPSA) is 0 Å². The maximum atomic E-state index is 13.1. The van der Waals surface area contributed by atoms with Gasteiger partial charge < -0.3 is 0 Å². The van der Waals surface area contributed by atoms with Gasteiger partial charge in [0, 0.05) is 10.5 Å². The number of hydrogen-bond acceptors (Lipinski definition) is 1. The average molecular weight is 214 g/mol. The fourth-order valence-corrected chi connectivity index (χ4v) is 1.72. The number of allylic oxidation sites excluding steroid dienone is 1. The third kappa shape index (κ3) is 2.58. The van der Waals surface area contributed by atoms with Gasteiger partial charge in [-0.25, -0.2) is 0 Å². The molecule has 0 saturated carbocycles. The summed E-state index contributed by atoms with van der Waals surface area (Å²) in [6.45, 7) is 5.14. The van der Waals surface area contributed by atoms with Gasteiger partial charge in [0.1, 0.15) is 0 Å². The summed E-state index contributed by atoms with van der Waals surface area (Å²) in [6.07, 6.45) is 0.662. The van der Waals surface area contributed by atoms with Crippen molar-refractivity contribution in [1.29, 1.82) is 0 Å². The fourth-order valence-electron chi connectivity index (χ4n) is 1.06. The summed E-state index contributed by atoms with van der Waals surface area (Å²) in [5.41, 5.74) is -0.00652. The third-order valence-electron chi connectivity index (χ3n) is 1.81. The van der Waals surface area contributed by atoms with E-state index in [1.807, 2.05) is 6.92 Å². The van der Waals surface area contributed by atoms with Gasteiger partial charge in [-0.15, -0.1) is 11.8 Å². The molecule has 1 aromatic rings. The molecule has 0 heterocycles. The summed E-state index contributed by atoms with van der Waals surface area (Å²) in [7, 11) is 0. The maximum Gasteiger partial charge on any atom is 0.291 e. The number of benzene rings is 1. The van der Waals surface area contributed by atoms with E-state index in [1.165, 1.54) is 12.1 Å². The van der Waals surface area contributed by atoms with E-state index in [0.717, 1.165) is 10.6 Å². The predicted octanol–water partition coefficient (Wildman–Crippen LogP) is 4.08. The smallest absolute Gasteiger partial charge is 0.197 e. The number of rotatable bonds is 4. The van der Waals surface area contributed by atoms with Crippen molar-refractivity contribution in [3.05, 3.63) is 42.5 Å². The minimum atomic E-state index is -2.92. The van der Waals surface area contributed by atoms with Crippen molar-refractivity contribution in [2.45, 2.75) is 17.7 Å². The number of halogens is 2. The molecular weight excluding hydrogens is 202 g/mol. The molecule has 0 N–H and O–H groups in total. The summed E-state index contributed by atoms with van der Waals surface area (Å²) in [5, 5.41) is 0. The second-order valence-electron chi connectivity index (χ2n) is 2.78.